The molecule has 11 heteroatoms. The lowest BCUT2D eigenvalue weighted by Crippen LogP contribution is -2.49. The van der Waals surface area contributed by atoms with Crippen molar-refractivity contribution in [1.29, 1.82) is 5.26 Å². The van der Waals surface area contributed by atoms with Gasteiger partial charge in [0.25, 0.3) is 0 Å². The number of carbonyl (C=O) groups excluding carboxylic acids is 2. The van der Waals surface area contributed by atoms with Gasteiger partial charge in [-0.2, -0.15) is 9.57 Å². The van der Waals surface area contributed by atoms with Crippen LogP contribution in [0.15, 0.2) is 63.1 Å². The molecule has 3 rings (SSSR count). The number of allylic oxidation sites excluding steroid dienone is 1. The van der Waals surface area contributed by atoms with E-state index in [1.165, 1.54) is 19.1 Å². The van der Waals surface area contributed by atoms with Crippen molar-refractivity contribution in [3.05, 3.63) is 69.3 Å². The van der Waals surface area contributed by atoms with E-state index in [0.717, 1.165) is 15.4 Å². The van der Waals surface area contributed by atoms with E-state index in [1.54, 1.807) is 37.3 Å². The van der Waals surface area contributed by atoms with Gasteiger partial charge >= 0.3 is 5.97 Å². The maximum atomic E-state index is 13.8. The predicted octanol–water partition coefficient (Wildman–Crippen LogP) is 2.83. The molecule has 0 fully saturated rings. The van der Waals surface area contributed by atoms with E-state index < -0.39 is 34.4 Å². The van der Waals surface area contributed by atoms with Crippen LogP contribution in [0.1, 0.15) is 25.0 Å². The predicted molar refractivity (Wildman–Crippen MR) is 130 cm³/mol. The summed E-state index contributed by atoms with van der Waals surface area (Å²) in [6, 6.07) is 12.3. The van der Waals surface area contributed by atoms with Gasteiger partial charge in [0.1, 0.15) is 28.3 Å². The third-order valence-electron chi connectivity index (χ3n) is 5.40. The van der Waals surface area contributed by atoms with E-state index in [4.69, 9.17) is 20.5 Å². The molecule has 1 atom stereocenters. The van der Waals surface area contributed by atoms with Crippen LogP contribution in [0.25, 0.3) is 0 Å². The number of hydrogen-bond donors (Lipinski definition) is 1. The largest absolute Gasteiger partial charge is 0.492 e. The number of sulfonamides is 1. The molecular weight excluding hydrogens is 538 g/mol. The van der Waals surface area contributed by atoms with Crippen LogP contribution in [0.2, 0.25) is 0 Å². The van der Waals surface area contributed by atoms with Crippen LogP contribution in [-0.4, -0.2) is 43.7 Å². The molecule has 9 nitrogen and oxygen atoms in total. The number of ketones is 1. The van der Waals surface area contributed by atoms with E-state index in [2.05, 4.69) is 15.9 Å². The number of rotatable bonds is 8. The number of esters is 1. The normalized spacial score (nSPS) is 16.5. The van der Waals surface area contributed by atoms with E-state index in [-0.39, 0.29) is 41.5 Å². The van der Waals surface area contributed by atoms with Crippen molar-refractivity contribution < 1.29 is 27.5 Å². The molecule has 0 radical (unpaired) electrons. The summed E-state index contributed by atoms with van der Waals surface area (Å²) in [5.74, 6) is -1.52. The zero-order chi connectivity index (χ0) is 25.8. The lowest BCUT2D eigenvalue weighted by atomic mass is 9.96. The van der Waals surface area contributed by atoms with Crippen molar-refractivity contribution in [2.24, 2.45) is 5.73 Å². The van der Waals surface area contributed by atoms with Gasteiger partial charge in [-0.05, 0) is 43.2 Å². The third kappa shape index (κ3) is 5.73. The Kier molecular flexibility index (Phi) is 8.32. The van der Waals surface area contributed by atoms with Crippen LogP contribution in [0.4, 0.5) is 0 Å². The Hall–Kier alpha value is -3.20. The summed E-state index contributed by atoms with van der Waals surface area (Å²) in [5.41, 5.74) is 6.77. The van der Waals surface area contributed by atoms with Crippen LogP contribution in [0, 0.1) is 11.3 Å². The molecule has 0 aromatic heterocycles. The smallest absolute Gasteiger partial charge is 0.325 e. The Morgan fingerprint density at radius 2 is 1.91 bits per heavy atom. The first-order valence-corrected chi connectivity index (χ1v) is 12.9. The molecule has 1 unspecified atom stereocenters. The molecule has 184 valence electrons. The highest BCUT2D eigenvalue weighted by molar-refractivity contribution is 9.10. The van der Waals surface area contributed by atoms with Gasteiger partial charge in [-0.15, -0.1) is 0 Å². The fraction of sp³-hybridized carbons (Fsp3) is 0.292. The Morgan fingerprint density at radius 3 is 2.54 bits per heavy atom. The Balaban J connectivity index is 1.99. The molecule has 0 bridgehead atoms. The second-order valence-electron chi connectivity index (χ2n) is 7.76. The van der Waals surface area contributed by atoms with Crippen molar-refractivity contribution in [2.75, 3.05) is 13.2 Å². The van der Waals surface area contributed by atoms with Crippen LogP contribution in [-0.2, 0) is 37.3 Å². The fourth-order valence-electron chi connectivity index (χ4n) is 3.71. The van der Waals surface area contributed by atoms with E-state index in [1.807, 2.05) is 6.07 Å². The molecule has 0 aliphatic carbocycles. The SMILES string of the molecule is CCOc1ccc(Br)cc1S(=O)(=O)N1Cc2ccccc2CC1C(=O)OCC(=O)C(C#N)=C(C)N. The standard InChI is InChI=1S/C24H24BrN3O6S/c1-3-33-22-9-8-18(25)11-23(22)35(31,32)28-13-17-7-5-4-6-16(17)10-20(28)24(30)34-14-21(29)19(12-26)15(2)27/h4-9,11,20H,3,10,13-14,27H2,1-2H3. The molecule has 1 aliphatic rings. The van der Waals surface area contributed by atoms with Crippen molar-refractivity contribution in [3.8, 4) is 11.8 Å². The molecule has 35 heavy (non-hydrogen) atoms. The molecule has 2 aromatic carbocycles. The third-order valence-corrected chi connectivity index (χ3v) is 7.77. The van der Waals surface area contributed by atoms with Crippen molar-refractivity contribution in [2.45, 2.75) is 37.8 Å². The van der Waals surface area contributed by atoms with Gasteiger partial charge in [0.15, 0.2) is 6.61 Å². The molecule has 0 amide bonds. The zero-order valence-corrected chi connectivity index (χ0v) is 21.6. The van der Waals surface area contributed by atoms with E-state index in [0.29, 0.717) is 4.47 Å². The average molecular weight is 562 g/mol. The first-order chi connectivity index (χ1) is 16.6. The van der Waals surface area contributed by atoms with Gasteiger partial charge in [0, 0.05) is 23.1 Å². The molecule has 2 N–H and O–H groups in total. The van der Waals surface area contributed by atoms with Gasteiger partial charge in [0.05, 0.1) is 6.61 Å². The Labute approximate surface area is 212 Å². The fourth-order valence-corrected chi connectivity index (χ4v) is 5.94. The zero-order valence-electron chi connectivity index (χ0n) is 19.2. The van der Waals surface area contributed by atoms with Gasteiger partial charge < -0.3 is 15.2 Å². The van der Waals surface area contributed by atoms with Gasteiger partial charge in [0.2, 0.25) is 15.8 Å². The van der Waals surface area contributed by atoms with Crippen molar-refractivity contribution in [3.63, 3.8) is 0 Å². The monoisotopic (exact) mass is 561 g/mol. The first-order valence-electron chi connectivity index (χ1n) is 10.7. The highest BCUT2D eigenvalue weighted by Gasteiger charge is 2.42. The first kappa shape index (κ1) is 26.4. The molecule has 1 heterocycles. The second kappa shape index (κ2) is 11.0. The van der Waals surface area contributed by atoms with Crippen LogP contribution in [0.3, 0.4) is 0 Å². The van der Waals surface area contributed by atoms with Gasteiger partial charge in [-0.1, -0.05) is 40.2 Å². The Morgan fingerprint density at radius 1 is 1.23 bits per heavy atom. The quantitative estimate of drug-likeness (QED) is 0.294. The van der Waals surface area contributed by atoms with E-state index >= 15 is 0 Å². The molecule has 0 saturated heterocycles. The maximum absolute atomic E-state index is 13.8. The highest BCUT2D eigenvalue weighted by Crippen LogP contribution is 2.35. The van der Waals surface area contributed by atoms with E-state index in [9.17, 15) is 18.0 Å². The van der Waals surface area contributed by atoms with Crippen LogP contribution < -0.4 is 10.5 Å². The second-order valence-corrected chi connectivity index (χ2v) is 10.5. The average Bonchev–Trinajstić information content (AvgIpc) is 2.83. The number of ether oxygens (including phenoxy) is 2. The summed E-state index contributed by atoms with van der Waals surface area (Å²) in [6.07, 6.45) is 0.0528. The molecular formula is C24H24BrN3O6S. The minimum atomic E-state index is -4.24. The minimum absolute atomic E-state index is 0.00227. The summed E-state index contributed by atoms with van der Waals surface area (Å²) >= 11 is 3.30. The van der Waals surface area contributed by atoms with Crippen molar-refractivity contribution in [1.82, 2.24) is 4.31 Å². The van der Waals surface area contributed by atoms with Crippen LogP contribution >= 0.6 is 15.9 Å². The lowest BCUT2D eigenvalue weighted by molar-refractivity contribution is -0.151. The van der Waals surface area contributed by atoms with Gasteiger partial charge in [-0.3, -0.25) is 9.59 Å². The topological polar surface area (TPSA) is 140 Å². The number of nitriles is 1. The molecule has 0 saturated carbocycles. The number of hydrogen-bond acceptors (Lipinski definition) is 8. The summed E-state index contributed by atoms with van der Waals surface area (Å²) in [5, 5.41) is 9.10. The highest BCUT2D eigenvalue weighted by atomic mass is 79.9. The number of carbonyl (C=O) groups is 2. The lowest BCUT2D eigenvalue weighted by Gasteiger charge is -2.34. The number of nitrogens with two attached hydrogens (primary N) is 1. The molecule has 2 aromatic rings. The Bertz CT molecular complexity index is 1330. The number of nitrogens with zero attached hydrogens (tertiary/aromatic N) is 2. The molecule has 1 aliphatic heterocycles. The number of fused-ring (bicyclic) bond motifs is 1. The number of halogens is 1. The maximum Gasteiger partial charge on any atom is 0.325 e. The number of benzene rings is 2. The summed E-state index contributed by atoms with van der Waals surface area (Å²) < 4.78 is 39.9. The van der Waals surface area contributed by atoms with Crippen molar-refractivity contribution >= 4 is 37.7 Å². The summed E-state index contributed by atoms with van der Waals surface area (Å²) in [7, 11) is -4.24. The summed E-state index contributed by atoms with van der Waals surface area (Å²) in [6.45, 7) is 2.56. The number of Topliss-reactive ketones (excluding diaryl/α,β-unsaturated/α-hetero) is 1. The molecule has 0 spiro atoms. The van der Waals surface area contributed by atoms with Crippen LogP contribution in [0.5, 0.6) is 5.75 Å². The summed E-state index contributed by atoms with van der Waals surface area (Å²) in [4.78, 5) is 25.3. The minimum Gasteiger partial charge on any atom is -0.492 e. The van der Waals surface area contributed by atoms with Gasteiger partial charge in [-0.25, -0.2) is 8.42 Å².